The maximum Gasteiger partial charge on any atom is 0.417 e. The summed E-state index contributed by atoms with van der Waals surface area (Å²) in [6.07, 6.45) is -2.98. The molecule has 0 unspecified atom stereocenters. The highest BCUT2D eigenvalue weighted by Gasteiger charge is 2.40. The molecule has 1 N–H and O–H groups in total. The van der Waals surface area contributed by atoms with E-state index in [-0.39, 0.29) is 24.7 Å². The lowest BCUT2D eigenvalue weighted by molar-refractivity contribution is -0.137. The minimum atomic E-state index is -4.59. The third-order valence-electron chi connectivity index (χ3n) is 4.77. The van der Waals surface area contributed by atoms with Crippen LogP contribution in [-0.2, 0) is 17.5 Å². The lowest BCUT2D eigenvalue weighted by Crippen LogP contribution is -2.43. The van der Waals surface area contributed by atoms with Crippen molar-refractivity contribution in [1.82, 2.24) is 15.2 Å². The number of urea groups is 1. The highest BCUT2D eigenvalue weighted by atomic mass is 35.5. The molecule has 3 amide bonds. The van der Waals surface area contributed by atoms with E-state index in [9.17, 15) is 22.8 Å². The number of hydrogen-bond acceptors (Lipinski definition) is 3. The fraction of sp³-hybridized carbons (Fsp3) is 0.316. The smallest absolute Gasteiger partial charge is 0.350 e. The predicted octanol–water partition coefficient (Wildman–Crippen LogP) is 3.62. The fourth-order valence-corrected chi connectivity index (χ4v) is 3.45. The minimum absolute atomic E-state index is 0.101. The number of anilines is 1. The SMILES string of the molecule is Cc1ncccc1N1C[C@@H](C(=O)NCc2cccc(C(F)(F)F)c2Cl)N(C)C1=O. The van der Waals surface area contributed by atoms with E-state index in [1.54, 1.807) is 25.3 Å². The molecular formula is C19H18ClF3N4O2. The summed E-state index contributed by atoms with van der Waals surface area (Å²) >= 11 is 5.86. The summed E-state index contributed by atoms with van der Waals surface area (Å²) in [6.45, 7) is 1.67. The number of halogens is 4. The molecule has 154 valence electrons. The van der Waals surface area contributed by atoms with Gasteiger partial charge in [-0.25, -0.2) is 4.79 Å². The Hall–Kier alpha value is -2.81. The standard InChI is InChI=1S/C19H18ClF3N4O2/c1-11-14(7-4-8-24-11)27-10-15(26(2)18(27)29)17(28)25-9-12-5-3-6-13(16(12)20)19(21,22)23/h3-8,15H,9-10H2,1-2H3,(H,25,28)/t15-/m0/s1. The summed E-state index contributed by atoms with van der Waals surface area (Å²) in [4.78, 5) is 32.1. The number of carbonyl (C=O) groups is 2. The van der Waals surface area contributed by atoms with Crippen molar-refractivity contribution in [3.8, 4) is 0 Å². The van der Waals surface area contributed by atoms with Crippen molar-refractivity contribution < 1.29 is 22.8 Å². The van der Waals surface area contributed by atoms with Crippen LogP contribution in [0.15, 0.2) is 36.5 Å². The van der Waals surface area contributed by atoms with Crippen molar-refractivity contribution >= 4 is 29.2 Å². The van der Waals surface area contributed by atoms with Crippen molar-refractivity contribution in [2.45, 2.75) is 25.7 Å². The van der Waals surface area contributed by atoms with Gasteiger partial charge in [-0.3, -0.25) is 14.7 Å². The number of alkyl halides is 3. The third-order valence-corrected chi connectivity index (χ3v) is 5.21. The predicted molar refractivity (Wildman–Crippen MR) is 102 cm³/mol. The van der Waals surface area contributed by atoms with Gasteiger partial charge in [0.05, 0.1) is 28.5 Å². The fourth-order valence-electron chi connectivity index (χ4n) is 3.15. The van der Waals surface area contributed by atoms with Gasteiger partial charge in [0.1, 0.15) is 6.04 Å². The zero-order chi connectivity index (χ0) is 21.3. The average Bonchev–Trinajstić information content (AvgIpc) is 2.95. The molecule has 1 atom stereocenters. The molecule has 0 radical (unpaired) electrons. The number of hydrogen-bond donors (Lipinski definition) is 1. The molecule has 0 saturated carbocycles. The van der Waals surface area contributed by atoms with Crippen molar-refractivity contribution in [2.24, 2.45) is 0 Å². The first-order valence-corrected chi connectivity index (χ1v) is 9.07. The number of aryl methyl sites for hydroxylation is 1. The van der Waals surface area contributed by atoms with Crippen LogP contribution in [0.2, 0.25) is 5.02 Å². The number of nitrogens with one attached hydrogen (secondary N) is 1. The van der Waals surface area contributed by atoms with Crippen LogP contribution >= 0.6 is 11.6 Å². The highest BCUT2D eigenvalue weighted by Crippen LogP contribution is 2.36. The van der Waals surface area contributed by atoms with E-state index in [4.69, 9.17) is 11.6 Å². The number of likely N-dealkylation sites (N-methyl/N-ethyl adjacent to an activating group) is 1. The molecule has 10 heteroatoms. The zero-order valence-electron chi connectivity index (χ0n) is 15.6. The first kappa shape index (κ1) is 20.9. The molecule has 0 spiro atoms. The van der Waals surface area contributed by atoms with Crippen LogP contribution in [0.4, 0.5) is 23.7 Å². The van der Waals surface area contributed by atoms with Gasteiger partial charge in [-0.05, 0) is 30.7 Å². The molecule has 1 aliphatic rings. The molecule has 1 saturated heterocycles. The third kappa shape index (κ3) is 4.14. The molecule has 29 heavy (non-hydrogen) atoms. The summed E-state index contributed by atoms with van der Waals surface area (Å²) in [7, 11) is 1.50. The molecule has 2 heterocycles. The van der Waals surface area contributed by atoms with Crippen molar-refractivity contribution in [3.63, 3.8) is 0 Å². The molecule has 1 aromatic heterocycles. The second-order valence-electron chi connectivity index (χ2n) is 6.62. The summed E-state index contributed by atoms with van der Waals surface area (Å²) in [5.74, 6) is -0.488. The summed E-state index contributed by atoms with van der Waals surface area (Å²) < 4.78 is 38.9. The number of aromatic nitrogens is 1. The first-order chi connectivity index (χ1) is 13.6. The molecule has 0 aliphatic carbocycles. The number of carbonyl (C=O) groups excluding carboxylic acids is 2. The van der Waals surface area contributed by atoms with Gasteiger partial charge in [0, 0.05) is 19.8 Å². The van der Waals surface area contributed by atoms with E-state index in [2.05, 4.69) is 10.3 Å². The topological polar surface area (TPSA) is 65.5 Å². The van der Waals surface area contributed by atoms with Gasteiger partial charge in [-0.2, -0.15) is 13.2 Å². The van der Waals surface area contributed by atoms with E-state index in [0.717, 1.165) is 6.07 Å². The Morgan fingerprint density at radius 2 is 2.03 bits per heavy atom. The van der Waals surface area contributed by atoms with Gasteiger partial charge in [0.15, 0.2) is 0 Å². The molecule has 2 aromatic rings. The van der Waals surface area contributed by atoms with Crippen LogP contribution in [0.3, 0.4) is 0 Å². The molecule has 6 nitrogen and oxygen atoms in total. The molecule has 0 bridgehead atoms. The Balaban J connectivity index is 1.72. The van der Waals surface area contributed by atoms with Crippen molar-refractivity contribution in [3.05, 3.63) is 58.4 Å². The second kappa shape index (κ2) is 7.90. The van der Waals surface area contributed by atoms with Crippen LogP contribution in [0, 0.1) is 6.92 Å². The van der Waals surface area contributed by atoms with Crippen LogP contribution in [0.1, 0.15) is 16.8 Å². The van der Waals surface area contributed by atoms with Gasteiger partial charge in [0.2, 0.25) is 5.91 Å². The molecule has 1 fully saturated rings. The Kier molecular flexibility index (Phi) is 5.70. The van der Waals surface area contributed by atoms with E-state index in [1.807, 2.05) is 0 Å². The lowest BCUT2D eigenvalue weighted by atomic mass is 10.1. The monoisotopic (exact) mass is 426 g/mol. The quantitative estimate of drug-likeness (QED) is 0.812. The van der Waals surface area contributed by atoms with Crippen LogP contribution < -0.4 is 10.2 Å². The van der Waals surface area contributed by atoms with Gasteiger partial charge in [-0.15, -0.1) is 0 Å². The van der Waals surface area contributed by atoms with Crippen LogP contribution in [0.5, 0.6) is 0 Å². The van der Waals surface area contributed by atoms with E-state index >= 15 is 0 Å². The maximum absolute atomic E-state index is 13.0. The Morgan fingerprint density at radius 1 is 1.31 bits per heavy atom. The summed E-state index contributed by atoms with van der Waals surface area (Å²) in [6, 6.07) is 5.78. The van der Waals surface area contributed by atoms with Gasteiger partial charge >= 0.3 is 12.2 Å². The Bertz CT molecular complexity index is 951. The number of benzene rings is 1. The normalized spacial score (nSPS) is 17.0. The summed E-state index contributed by atoms with van der Waals surface area (Å²) in [5, 5.41) is 2.12. The number of amides is 3. The van der Waals surface area contributed by atoms with E-state index < -0.39 is 28.7 Å². The van der Waals surface area contributed by atoms with Gasteiger partial charge < -0.3 is 10.2 Å². The highest BCUT2D eigenvalue weighted by molar-refractivity contribution is 6.32. The van der Waals surface area contributed by atoms with Gasteiger partial charge in [0.25, 0.3) is 0 Å². The molecule has 1 aliphatic heterocycles. The average molecular weight is 427 g/mol. The molecule has 3 rings (SSSR count). The van der Waals surface area contributed by atoms with Crippen LogP contribution in [0.25, 0.3) is 0 Å². The second-order valence-corrected chi connectivity index (χ2v) is 7.00. The van der Waals surface area contributed by atoms with E-state index in [0.29, 0.717) is 11.4 Å². The maximum atomic E-state index is 13.0. The molecular weight excluding hydrogens is 409 g/mol. The van der Waals surface area contributed by atoms with E-state index in [1.165, 1.54) is 29.0 Å². The summed E-state index contributed by atoms with van der Waals surface area (Å²) in [5.41, 5.74) is 0.422. The van der Waals surface area contributed by atoms with Gasteiger partial charge in [-0.1, -0.05) is 23.7 Å². The first-order valence-electron chi connectivity index (χ1n) is 8.69. The number of nitrogens with zero attached hydrogens (tertiary/aromatic N) is 3. The lowest BCUT2D eigenvalue weighted by Gasteiger charge is -2.18. The minimum Gasteiger partial charge on any atom is -0.350 e. The van der Waals surface area contributed by atoms with Crippen molar-refractivity contribution in [2.75, 3.05) is 18.5 Å². The Morgan fingerprint density at radius 3 is 2.69 bits per heavy atom. The van der Waals surface area contributed by atoms with Crippen molar-refractivity contribution in [1.29, 1.82) is 0 Å². The molecule has 1 aromatic carbocycles. The Labute approximate surface area is 170 Å². The zero-order valence-corrected chi connectivity index (χ0v) is 16.4. The largest absolute Gasteiger partial charge is 0.417 e. The number of pyridine rings is 1. The van der Waals surface area contributed by atoms with Crippen LogP contribution in [-0.4, -0.2) is 41.5 Å². The number of rotatable bonds is 4.